The highest BCUT2D eigenvalue weighted by Crippen LogP contribution is 2.36. The van der Waals surface area contributed by atoms with Crippen molar-refractivity contribution in [2.24, 2.45) is 5.92 Å². The zero-order valence-electron chi connectivity index (χ0n) is 19.0. The molecule has 29 heavy (non-hydrogen) atoms. The van der Waals surface area contributed by atoms with Crippen LogP contribution in [0.2, 0.25) is 0 Å². The van der Waals surface area contributed by atoms with Crippen molar-refractivity contribution in [3.05, 3.63) is 28.8 Å². The lowest BCUT2D eigenvalue weighted by Gasteiger charge is -2.44. The summed E-state index contributed by atoms with van der Waals surface area (Å²) in [7, 11) is 0. The van der Waals surface area contributed by atoms with Crippen molar-refractivity contribution in [2.75, 3.05) is 6.54 Å². The summed E-state index contributed by atoms with van der Waals surface area (Å²) >= 11 is 1.61. The second-order valence-electron chi connectivity index (χ2n) is 7.89. The zero-order valence-corrected chi connectivity index (χ0v) is 19.8. The van der Waals surface area contributed by atoms with Gasteiger partial charge in [-0.1, -0.05) is 53.4 Å². The van der Waals surface area contributed by atoms with Crippen molar-refractivity contribution in [1.29, 1.82) is 0 Å². The van der Waals surface area contributed by atoms with Crippen molar-refractivity contribution >= 4 is 17.2 Å². The molecular formula is C24H39N3OS. The third-order valence-electron chi connectivity index (χ3n) is 5.81. The SMILES string of the molecule is CC.CCCC.Cc1cc(-c2cc(C(=O)N3CCCC4CCCCC43)cs2)n[nH]1. The van der Waals surface area contributed by atoms with Crippen LogP contribution in [0.5, 0.6) is 0 Å². The minimum Gasteiger partial charge on any atom is -0.335 e. The monoisotopic (exact) mass is 417 g/mol. The van der Waals surface area contributed by atoms with Gasteiger partial charge in [0.25, 0.3) is 5.91 Å². The van der Waals surface area contributed by atoms with Gasteiger partial charge in [0.2, 0.25) is 0 Å². The van der Waals surface area contributed by atoms with E-state index in [2.05, 4.69) is 28.9 Å². The van der Waals surface area contributed by atoms with Gasteiger partial charge in [0, 0.05) is 23.7 Å². The number of carbonyl (C=O) groups is 1. The number of thiophene rings is 1. The number of H-pyrrole nitrogens is 1. The average molecular weight is 418 g/mol. The summed E-state index contributed by atoms with van der Waals surface area (Å²) in [6.45, 7) is 11.3. The molecule has 4 rings (SSSR count). The number of rotatable bonds is 3. The first-order valence-corrected chi connectivity index (χ1v) is 12.4. The van der Waals surface area contributed by atoms with Gasteiger partial charge in [-0.05, 0) is 50.7 Å². The second-order valence-corrected chi connectivity index (χ2v) is 8.80. The van der Waals surface area contributed by atoms with Crippen molar-refractivity contribution in [1.82, 2.24) is 15.1 Å². The molecule has 4 nitrogen and oxygen atoms in total. The van der Waals surface area contributed by atoms with Gasteiger partial charge >= 0.3 is 0 Å². The van der Waals surface area contributed by atoms with Crippen LogP contribution in [0.15, 0.2) is 17.5 Å². The first-order valence-electron chi connectivity index (χ1n) is 11.6. The van der Waals surface area contributed by atoms with E-state index in [9.17, 15) is 4.79 Å². The van der Waals surface area contributed by atoms with Crippen molar-refractivity contribution in [2.45, 2.75) is 92.0 Å². The third kappa shape index (κ3) is 6.18. The van der Waals surface area contributed by atoms with Crippen molar-refractivity contribution < 1.29 is 4.79 Å². The highest BCUT2D eigenvalue weighted by atomic mass is 32.1. The number of amides is 1. The van der Waals surface area contributed by atoms with Gasteiger partial charge in [-0.3, -0.25) is 9.89 Å². The fourth-order valence-electron chi connectivity index (χ4n) is 4.17. The molecule has 3 heterocycles. The molecule has 5 heteroatoms. The van der Waals surface area contributed by atoms with Crippen LogP contribution < -0.4 is 0 Å². The van der Waals surface area contributed by atoms with Crippen molar-refractivity contribution in [3.63, 3.8) is 0 Å². The molecule has 1 aliphatic heterocycles. The summed E-state index contributed by atoms with van der Waals surface area (Å²) in [6, 6.07) is 4.51. The lowest BCUT2D eigenvalue weighted by molar-refractivity contribution is 0.0391. The minimum absolute atomic E-state index is 0.219. The molecule has 1 N–H and O–H groups in total. The molecule has 1 aliphatic carbocycles. The molecule has 1 saturated heterocycles. The topological polar surface area (TPSA) is 49.0 Å². The highest BCUT2D eigenvalue weighted by molar-refractivity contribution is 7.13. The Morgan fingerprint density at radius 3 is 2.48 bits per heavy atom. The predicted molar refractivity (Wildman–Crippen MR) is 125 cm³/mol. The number of carbonyl (C=O) groups excluding carboxylic acids is 1. The number of fused-ring (bicyclic) bond motifs is 1. The first-order chi connectivity index (χ1) is 14.1. The lowest BCUT2D eigenvalue weighted by atomic mass is 9.78. The van der Waals surface area contributed by atoms with Crippen LogP contribution in [-0.4, -0.2) is 33.6 Å². The van der Waals surface area contributed by atoms with Gasteiger partial charge < -0.3 is 4.90 Å². The van der Waals surface area contributed by atoms with E-state index in [1.807, 2.05) is 38.3 Å². The summed E-state index contributed by atoms with van der Waals surface area (Å²) in [5.74, 6) is 0.949. The largest absolute Gasteiger partial charge is 0.335 e. The zero-order chi connectivity index (χ0) is 21.2. The maximum Gasteiger partial charge on any atom is 0.254 e. The number of likely N-dealkylation sites (tertiary alicyclic amines) is 1. The number of aryl methyl sites for hydroxylation is 1. The summed E-state index contributed by atoms with van der Waals surface area (Å²) < 4.78 is 0. The van der Waals surface area contributed by atoms with Gasteiger partial charge in [-0.2, -0.15) is 5.10 Å². The number of aromatic amines is 1. The fraction of sp³-hybridized carbons (Fsp3) is 0.667. The van der Waals surface area contributed by atoms with E-state index in [0.29, 0.717) is 6.04 Å². The van der Waals surface area contributed by atoms with Crippen LogP contribution in [0.25, 0.3) is 10.6 Å². The fourth-order valence-corrected chi connectivity index (χ4v) is 5.01. The Bertz CT molecular complexity index is 732. The molecule has 1 amide bonds. The number of piperidine rings is 1. The number of hydrogen-bond donors (Lipinski definition) is 1. The average Bonchev–Trinajstić information content (AvgIpc) is 3.43. The summed E-state index contributed by atoms with van der Waals surface area (Å²) in [6.07, 6.45) is 10.2. The van der Waals surface area contributed by atoms with E-state index in [4.69, 9.17) is 0 Å². The number of nitrogens with zero attached hydrogens (tertiary/aromatic N) is 2. The van der Waals surface area contributed by atoms with E-state index < -0.39 is 0 Å². The third-order valence-corrected chi connectivity index (χ3v) is 6.76. The molecule has 2 aromatic rings. The van der Waals surface area contributed by atoms with E-state index in [1.54, 1.807) is 11.3 Å². The molecule has 2 atom stereocenters. The Kier molecular flexibility index (Phi) is 9.92. The van der Waals surface area contributed by atoms with Crippen molar-refractivity contribution in [3.8, 4) is 10.6 Å². The summed E-state index contributed by atoms with van der Waals surface area (Å²) in [4.78, 5) is 16.2. The molecule has 2 unspecified atom stereocenters. The molecule has 1 saturated carbocycles. The quantitative estimate of drug-likeness (QED) is 0.580. The molecule has 0 bridgehead atoms. The van der Waals surface area contributed by atoms with Crippen LogP contribution in [-0.2, 0) is 0 Å². The maximum atomic E-state index is 13.0. The minimum atomic E-state index is 0.219. The highest BCUT2D eigenvalue weighted by Gasteiger charge is 2.36. The Labute approximate surface area is 181 Å². The molecule has 0 spiro atoms. The second kappa shape index (κ2) is 12.2. The van der Waals surface area contributed by atoms with Crippen LogP contribution in [0, 0.1) is 12.8 Å². The van der Waals surface area contributed by atoms with Gasteiger partial charge in [0.05, 0.1) is 10.4 Å². The first kappa shape index (κ1) is 23.7. The Morgan fingerprint density at radius 2 is 1.83 bits per heavy atom. The Morgan fingerprint density at radius 1 is 1.14 bits per heavy atom. The van der Waals surface area contributed by atoms with E-state index in [1.165, 1.54) is 44.9 Å². The molecule has 0 aromatic carbocycles. The number of nitrogens with one attached hydrogen (secondary N) is 1. The number of hydrogen-bond acceptors (Lipinski definition) is 3. The lowest BCUT2D eigenvalue weighted by Crippen LogP contribution is -2.49. The molecule has 162 valence electrons. The smallest absolute Gasteiger partial charge is 0.254 e. The summed E-state index contributed by atoms with van der Waals surface area (Å²) in [5, 5.41) is 9.26. The van der Waals surface area contributed by atoms with E-state index in [-0.39, 0.29) is 5.91 Å². The van der Waals surface area contributed by atoms with E-state index in [0.717, 1.165) is 40.7 Å². The van der Waals surface area contributed by atoms with Crippen LogP contribution in [0.3, 0.4) is 0 Å². The normalized spacial score (nSPS) is 20.7. The van der Waals surface area contributed by atoms with E-state index >= 15 is 0 Å². The Balaban J connectivity index is 0.000000449. The maximum absolute atomic E-state index is 13.0. The molecular weight excluding hydrogens is 378 g/mol. The standard InChI is InChI=1S/C18H23N3OS.C4H10.C2H6/c1-12-9-15(20-19-12)17-10-14(11-23-17)18(22)21-8-4-6-13-5-2-3-7-16(13)21;1-3-4-2;1-2/h9-11,13,16H,2-8H2,1H3,(H,19,20);3-4H2,1-2H3;1-2H3. The van der Waals surface area contributed by atoms with Gasteiger partial charge in [-0.25, -0.2) is 0 Å². The molecule has 2 aliphatic rings. The van der Waals surface area contributed by atoms with Crippen LogP contribution in [0.1, 0.15) is 95.1 Å². The molecule has 0 radical (unpaired) electrons. The van der Waals surface area contributed by atoms with Crippen LogP contribution in [0.4, 0.5) is 0 Å². The predicted octanol–water partition coefficient (Wildman–Crippen LogP) is 7.07. The number of unbranched alkanes of at least 4 members (excludes halogenated alkanes) is 1. The molecule has 2 aromatic heterocycles. The van der Waals surface area contributed by atoms with Crippen LogP contribution >= 0.6 is 11.3 Å². The Hall–Kier alpha value is -1.62. The molecule has 2 fully saturated rings. The number of aromatic nitrogens is 2. The van der Waals surface area contributed by atoms with Gasteiger partial charge in [0.1, 0.15) is 5.69 Å². The van der Waals surface area contributed by atoms with Gasteiger partial charge in [-0.15, -0.1) is 11.3 Å². The summed E-state index contributed by atoms with van der Waals surface area (Å²) in [5.41, 5.74) is 2.81. The van der Waals surface area contributed by atoms with Gasteiger partial charge in [0.15, 0.2) is 0 Å².